The number of anilines is 2. The maximum atomic E-state index is 12.3. The van der Waals surface area contributed by atoms with Gasteiger partial charge in [0, 0.05) is 25.3 Å². The summed E-state index contributed by atoms with van der Waals surface area (Å²) in [7, 11) is 0. The highest BCUT2D eigenvalue weighted by atomic mass is 32.2. The van der Waals surface area contributed by atoms with Gasteiger partial charge in [-0.25, -0.2) is 0 Å². The summed E-state index contributed by atoms with van der Waals surface area (Å²) in [5.41, 5.74) is 2.02. The first-order valence-electron chi connectivity index (χ1n) is 8.99. The number of hydrogen-bond acceptors (Lipinski definition) is 6. The van der Waals surface area contributed by atoms with Gasteiger partial charge in [-0.3, -0.25) is 9.36 Å². The van der Waals surface area contributed by atoms with Gasteiger partial charge < -0.3 is 15.0 Å². The lowest BCUT2D eigenvalue weighted by atomic mass is 10.1. The molecule has 1 aliphatic rings. The predicted molar refractivity (Wildman–Crippen MR) is 104 cm³/mol. The number of thioether (sulfide) groups is 1. The third kappa shape index (κ3) is 4.37. The van der Waals surface area contributed by atoms with Crippen LogP contribution in [0.15, 0.2) is 29.4 Å². The lowest BCUT2D eigenvalue weighted by molar-refractivity contribution is -0.113. The third-order valence-electron chi connectivity index (χ3n) is 4.31. The number of para-hydroxylation sites is 1. The van der Waals surface area contributed by atoms with E-state index < -0.39 is 0 Å². The molecule has 2 aromatic rings. The fourth-order valence-corrected chi connectivity index (χ4v) is 3.73. The maximum Gasteiger partial charge on any atom is 0.234 e. The van der Waals surface area contributed by atoms with Crippen LogP contribution in [0.5, 0.6) is 0 Å². The zero-order chi connectivity index (χ0) is 18.4. The molecule has 0 unspecified atom stereocenters. The molecule has 26 heavy (non-hydrogen) atoms. The number of amides is 1. The first-order chi connectivity index (χ1) is 12.7. The molecule has 1 saturated heterocycles. The quantitative estimate of drug-likeness (QED) is 0.750. The van der Waals surface area contributed by atoms with Crippen LogP contribution in [0, 0.1) is 0 Å². The lowest BCUT2D eigenvalue weighted by Crippen LogP contribution is -2.38. The molecule has 1 aromatic heterocycles. The van der Waals surface area contributed by atoms with E-state index in [4.69, 9.17) is 4.74 Å². The highest BCUT2D eigenvalue weighted by molar-refractivity contribution is 7.99. The van der Waals surface area contributed by atoms with Crippen molar-refractivity contribution in [2.75, 3.05) is 42.3 Å². The zero-order valence-corrected chi connectivity index (χ0v) is 16.1. The molecule has 140 valence electrons. The van der Waals surface area contributed by atoms with E-state index in [0.717, 1.165) is 48.4 Å². The highest BCUT2D eigenvalue weighted by Crippen LogP contribution is 2.23. The van der Waals surface area contributed by atoms with Crippen LogP contribution in [-0.4, -0.2) is 52.7 Å². The molecule has 1 amide bonds. The monoisotopic (exact) mass is 375 g/mol. The molecule has 8 heteroatoms. The summed E-state index contributed by atoms with van der Waals surface area (Å²) in [4.78, 5) is 14.5. The minimum absolute atomic E-state index is 0.0329. The maximum absolute atomic E-state index is 12.3. The number of nitrogens with zero attached hydrogens (tertiary/aromatic N) is 4. The molecule has 0 bridgehead atoms. The van der Waals surface area contributed by atoms with Crippen molar-refractivity contribution in [1.82, 2.24) is 14.8 Å². The molecule has 0 saturated carbocycles. The zero-order valence-electron chi connectivity index (χ0n) is 15.3. The second kappa shape index (κ2) is 9.05. The number of carbonyl (C=O) groups is 1. The molecule has 0 aliphatic carbocycles. The van der Waals surface area contributed by atoms with Gasteiger partial charge in [0.15, 0.2) is 5.16 Å². The molecular formula is C18H25N5O2S. The largest absolute Gasteiger partial charge is 0.378 e. The van der Waals surface area contributed by atoms with Gasteiger partial charge >= 0.3 is 0 Å². The number of hydrogen-bond donors (Lipinski definition) is 1. The van der Waals surface area contributed by atoms with Crippen LogP contribution in [0.4, 0.5) is 11.6 Å². The third-order valence-corrected chi connectivity index (χ3v) is 5.28. The molecular weight excluding hydrogens is 350 g/mol. The van der Waals surface area contributed by atoms with Gasteiger partial charge in [0.25, 0.3) is 0 Å². The first kappa shape index (κ1) is 18.7. The summed E-state index contributed by atoms with van der Waals surface area (Å²) >= 11 is 1.42. The van der Waals surface area contributed by atoms with Gasteiger partial charge in [0.1, 0.15) is 0 Å². The van der Waals surface area contributed by atoms with Gasteiger partial charge in [-0.15, -0.1) is 10.2 Å². The summed E-state index contributed by atoms with van der Waals surface area (Å²) in [5, 5.41) is 12.4. The molecule has 7 nitrogen and oxygen atoms in total. The minimum Gasteiger partial charge on any atom is -0.378 e. The Hall–Kier alpha value is -2.06. The summed E-state index contributed by atoms with van der Waals surface area (Å²) in [6, 6.07) is 7.89. The molecule has 0 radical (unpaired) electrons. The first-order valence-corrected chi connectivity index (χ1v) is 9.98. The molecule has 0 atom stereocenters. The lowest BCUT2D eigenvalue weighted by Gasteiger charge is -2.27. The average Bonchev–Trinajstić information content (AvgIpc) is 3.10. The van der Waals surface area contributed by atoms with Crippen LogP contribution in [0.3, 0.4) is 0 Å². The van der Waals surface area contributed by atoms with Crippen molar-refractivity contribution in [3.8, 4) is 0 Å². The van der Waals surface area contributed by atoms with Crippen LogP contribution < -0.4 is 10.2 Å². The fraction of sp³-hybridized carbons (Fsp3) is 0.500. The van der Waals surface area contributed by atoms with Crippen molar-refractivity contribution in [3.05, 3.63) is 29.8 Å². The fourth-order valence-electron chi connectivity index (χ4n) is 2.93. The van der Waals surface area contributed by atoms with Crippen molar-refractivity contribution >= 4 is 29.3 Å². The van der Waals surface area contributed by atoms with Gasteiger partial charge in [-0.2, -0.15) is 0 Å². The summed E-state index contributed by atoms with van der Waals surface area (Å²) < 4.78 is 7.46. The highest BCUT2D eigenvalue weighted by Gasteiger charge is 2.20. The van der Waals surface area contributed by atoms with Crippen molar-refractivity contribution in [2.24, 2.45) is 0 Å². The number of aryl methyl sites for hydroxylation is 1. The Labute approximate surface area is 158 Å². The predicted octanol–water partition coefficient (Wildman–Crippen LogP) is 2.43. The average molecular weight is 375 g/mol. The number of ether oxygens (including phenoxy) is 1. The molecule has 1 N–H and O–H groups in total. The topological polar surface area (TPSA) is 72.3 Å². The van der Waals surface area contributed by atoms with Gasteiger partial charge in [0.05, 0.1) is 19.0 Å². The number of benzene rings is 1. The van der Waals surface area contributed by atoms with Gasteiger partial charge in [0.2, 0.25) is 11.9 Å². The Kier molecular flexibility index (Phi) is 6.51. The Balaban J connectivity index is 1.62. The summed E-state index contributed by atoms with van der Waals surface area (Å²) in [6.45, 7) is 7.96. The molecule has 1 aromatic carbocycles. The van der Waals surface area contributed by atoms with Crippen LogP contribution in [0.25, 0.3) is 0 Å². The van der Waals surface area contributed by atoms with Crippen LogP contribution in [0.1, 0.15) is 19.4 Å². The number of carbonyl (C=O) groups excluding carboxylic acids is 1. The Morgan fingerprint density at radius 1 is 1.23 bits per heavy atom. The number of rotatable bonds is 7. The number of nitrogens with one attached hydrogen (secondary N) is 1. The normalized spacial score (nSPS) is 14.5. The van der Waals surface area contributed by atoms with E-state index >= 15 is 0 Å². The van der Waals surface area contributed by atoms with Gasteiger partial charge in [-0.1, -0.05) is 36.9 Å². The van der Waals surface area contributed by atoms with E-state index in [2.05, 4.69) is 38.8 Å². The number of aromatic nitrogens is 3. The molecule has 0 spiro atoms. The SMILES string of the molecule is CCc1ccccc1NC(=O)CSc1nnc(N2CCOCC2)n1CC. The van der Waals surface area contributed by atoms with Crippen LogP contribution in [0.2, 0.25) is 0 Å². The van der Waals surface area contributed by atoms with E-state index in [-0.39, 0.29) is 5.91 Å². The van der Waals surface area contributed by atoms with E-state index in [1.807, 2.05) is 24.3 Å². The van der Waals surface area contributed by atoms with Gasteiger partial charge in [-0.05, 0) is 25.0 Å². The van der Waals surface area contributed by atoms with E-state index in [1.54, 1.807) is 0 Å². The minimum atomic E-state index is -0.0329. The molecule has 2 heterocycles. The Morgan fingerprint density at radius 2 is 2.00 bits per heavy atom. The van der Waals surface area contributed by atoms with Crippen LogP contribution in [-0.2, 0) is 22.5 Å². The van der Waals surface area contributed by atoms with E-state index in [0.29, 0.717) is 19.0 Å². The summed E-state index contributed by atoms with van der Waals surface area (Å²) in [6.07, 6.45) is 0.886. The van der Waals surface area contributed by atoms with Crippen molar-refractivity contribution in [2.45, 2.75) is 32.0 Å². The standard InChI is InChI=1S/C18H25N5O2S/c1-3-14-7-5-6-8-15(14)19-16(24)13-26-18-21-20-17(23(18)4-2)22-9-11-25-12-10-22/h5-8H,3-4,9-13H2,1-2H3,(H,19,24). The second-order valence-electron chi connectivity index (χ2n) is 5.97. The van der Waals surface area contributed by atoms with E-state index in [1.165, 1.54) is 11.8 Å². The number of morpholine rings is 1. The Morgan fingerprint density at radius 3 is 2.73 bits per heavy atom. The van der Waals surface area contributed by atoms with Crippen molar-refractivity contribution in [1.29, 1.82) is 0 Å². The van der Waals surface area contributed by atoms with Crippen molar-refractivity contribution < 1.29 is 9.53 Å². The Bertz CT molecular complexity index is 743. The second-order valence-corrected chi connectivity index (χ2v) is 6.92. The smallest absolute Gasteiger partial charge is 0.234 e. The van der Waals surface area contributed by atoms with Crippen molar-refractivity contribution in [3.63, 3.8) is 0 Å². The van der Waals surface area contributed by atoms with E-state index in [9.17, 15) is 4.79 Å². The molecule has 1 fully saturated rings. The summed E-state index contributed by atoms with van der Waals surface area (Å²) in [5.74, 6) is 1.13. The molecule has 1 aliphatic heterocycles. The molecule has 3 rings (SSSR count). The van der Waals surface area contributed by atoms with Crippen LogP contribution >= 0.6 is 11.8 Å².